The van der Waals surface area contributed by atoms with Crippen molar-refractivity contribution in [3.8, 4) is 0 Å². The number of hydrogen-bond acceptors (Lipinski definition) is 0. The molecule has 2 nitrogen and oxygen atoms in total. The van der Waals surface area contributed by atoms with Gasteiger partial charge in [0.15, 0.2) is 0 Å². The van der Waals surface area contributed by atoms with Gasteiger partial charge in [-0.05, 0) is 0 Å². The van der Waals surface area contributed by atoms with E-state index in [1.807, 2.05) is 0 Å². The van der Waals surface area contributed by atoms with Crippen molar-refractivity contribution in [3.63, 3.8) is 0 Å². The van der Waals surface area contributed by atoms with Gasteiger partial charge < -0.3 is 12.3 Å². The van der Waals surface area contributed by atoms with E-state index in [0.717, 1.165) is 0 Å². The van der Waals surface area contributed by atoms with Crippen LogP contribution < -0.4 is 0 Å². The van der Waals surface area contributed by atoms with E-state index < -0.39 is 0 Å². The zero-order valence-corrected chi connectivity index (χ0v) is 4.74. The van der Waals surface area contributed by atoms with E-state index in [1.165, 1.54) is 0 Å². The van der Waals surface area contributed by atoms with Crippen LogP contribution >= 0.6 is 0 Å². The van der Waals surface area contributed by atoms with Crippen molar-refractivity contribution < 1.29 is 21.1 Å². The zero-order chi connectivity index (χ0) is 0. The van der Waals surface area contributed by atoms with Crippen LogP contribution in [0.1, 0.15) is 0 Å². The van der Waals surface area contributed by atoms with Crippen LogP contribution in [-0.2, 0) is 21.1 Å². The summed E-state index contributed by atoms with van der Waals surface area (Å²) >= 11 is 0. The van der Waals surface area contributed by atoms with Crippen molar-refractivity contribution in [1.82, 2.24) is 0 Å². The summed E-state index contributed by atoms with van der Waals surface area (Å²) in [6.07, 6.45) is 0. The van der Waals surface area contributed by atoms with Crippen LogP contribution in [0, 0.1) is 7.43 Å². The molecule has 0 heterocycles. The Labute approximate surface area is 41.4 Å². The van der Waals surface area contributed by atoms with Crippen molar-refractivity contribution in [3.05, 3.63) is 19.7 Å². The minimum Gasteiger partial charge on any atom is -3.00 e. The fraction of sp³-hybridized carbons (Fsp3) is 0. The molecule has 0 aliphatic rings. The molecule has 0 aliphatic carbocycles. The fourth-order valence-corrected chi connectivity index (χ4v) is 0. The minimum atomic E-state index is 0. The molecule has 0 N–H and O–H groups in total. The van der Waals surface area contributed by atoms with Crippen molar-refractivity contribution in [1.29, 1.82) is 0 Å². The molecule has 20 valence electrons. The summed E-state index contributed by atoms with van der Waals surface area (Å²) in [5.41, 5.74) is 0. The maximum absolute atomic E-state index is 0. The Balaban J connectivity index is 0. The molecular weight excluding hydrogens is 224 g/mol. The molecule has 0 bridgehead atoms. The van der Waals surface area contributed by atoms with E-state index in [-0.39, 0.29) is 40.8 Å². The molecule has 0 aromatic rings. The third-order valence-corrected chi connectivity index (χ3v) is 0. The average molecular weight is 224 g/mol. The maximum Gasteiger partial charge on any atom is 6.00 e. The molecule has 3 heteroatoms. The molecule has 4 heavy (non-hydrogen) atoms. The molecule has 0 amide bonds. The second-order valence-corrected chi connectivity index (χ2v) is 0. The molecule has 4 radical (unpaired) electrons. The molecule has 0 spiro atoms. The van der Waals surface area contributed by atoms with Gasteiger partial charge in [-0.3, -0.25) is 0 Å². The Bertz CT molecular complexity index is 6.00. The summed E-state index contributed by atoms with van der Waals surface area (Å²) in [6, 6.07) is 0. The number of nitrogens with zero attached hydrogens (tertiary/aromatic N) is 2. The minimum absolute atomic E-state index is 0. The Morgan fingerprint density at radius 2 is 0.750 bits per heavy atom. The first kappa shape index (κ1) is 162. The first-order valence-corrected chi connectivity index (χ1v) is 0. The topological polar surface area (TPSA) is 61.0 Å². The third kappa shape index (κ3) is 18.2. The molecule has 0 unspecified atom stereocenters. The predicted octanol–water partition coefficient (Wildman–Crippen LogP) is 0.656. The second-order valence-electron chi connectivity index (χ2n) is 0. The van der Waals surface area contributed by atoms with Crippen LogP contribution in [0.25, 0.3) is 12.3 Å². The van der Waals surface area contributed by atoms with Gasteiger partial charge in [0.25, 0.3) is 0 Å². The molecule has 0 aromatic carbocycles. The van der Waals surface area contributed by atoms with Gasteiger partial charge in [-0.1, -0.05) is 0 Å². The van der Waals surface area contributed by atoms with Gasteiger partial charge in [-0.25, -0.2) is 0 Å². The van der Waals surface area contributed by atoms with Gasteiger partial charge in [-0.2, -0.15) is 0 Å². The van der Waals surface area contributed by atoms with Crippen LogP contribution in [-0.4, -0.2) is 0 Å². The molecule has 0 aliphatic heterocycles. The Kier molecular flexibility index (Phi) is 2690. The largest absolute Gasteiger partial charge is 6.00 e. The molecule has 0 rings (SSSR count). The molecule has 0 fully saturated rings. The standard InChI is InChI=1S/C.2N.W/q;2*-3;+6. The van der Waals surface area contributed by atoms with Crippen molar-refractivity contribution >= 4 is 0 Å². The van der Waals surface area contributed by atoms with Gasteiger partial charge in [0.2, 0.25) is 0 Å². The number of rotatable bonds is 0. The molecular formula is CN2W. The van der Waals surface area contributed by atoms with Crippen LogP contribution in [0.3, 0.4) is 0 Å². The average Bonchev–Trinajstić information content (AvgIpc) is 0. The van der Waals surface area contributed by atoms with Gasteiger partial charge in [0.1, 0.15) is 0 Å². The first-order valence-electron chi connectivity index (χ1n) is 0. The maximum atomic E-state index is 0. The summed E-state index contributed by atoms with van der Waals surface area (Å²) in [5, 5.41) is 0. The Morgan fingerprint density at radius 3 is 0.750 bits per heavy atom. The van der Waals surface area contributed by atoms with Crippen LogP contribution in [0.5, 0.6) is 0 Å². The zero-order valence-electron chi connectivity index (χ0n) is 1.80. The van der Waals surface area contributed by atoms with E-state index in [1.54, 1.807) is 0 Å². The van der Waals surface area contributed by atoms with Crippen LogP contribution in [0.4, 0.5) is 0 Å². The number of hydrogen-bond donors (Lipinski definition) is 0. The van der Waals surface area contributed by atoms with E-state index >= 15 is 0 Å². The smallest absolute Gasteiger partial charge is 3.00 e. The summed E-state index contributed by atoms with van der Waals surface area (Å²) in [7, 11) is 0. The monoisotopic (exact) mass is 224 g/mol. The van der Waals surface area contributed by atoms with Gasteiger partial charge in [0, 0.05) is 7.43 Å². The van der Waals surface area contributed by atoms with E-state index in [4.69, 9.17) is 0 Å². The van der Waals surface area contributed by atoms with Gasteiger partial charge >= 0.3 is 21.1 Å². The first-order chi connectivity index (χ1) is 0. The second kappa shape index (κ2) is 66.3. The Morgan fingerprint density at radius 1 is 0.750 bits per heavy atom. The van der Waals surface area contributed by atoms with E-state index in [9.17, 15) is 0 Å². The van der Waals surface area contributed by atoms with Crippen LogP contribution in [0.15, 0.2) is 0 Å². The SMILES string of the molecule is [C].[N-3].[N-3].[W+6]. The van der Waals surface area contributed by atoms with Crippen molar-refractivity contribution in [2.75, 3.05) is 0 Å². The van der Waals surface area contributed by atoms with Crippen LogP contribution in [0.2, 0.25) is 0 Å². The fourth-order valence-electron chi connectivity index (χ4n) is 0. The van der Waals surface area contributed by atoms with Gasteiger partial charge in [0.05, 0.1) is 0 Å². The van der Waals surface area contributed by atoms with Crippen molar-refractivity contribution in [2.24, 2.45) is 0 Å². The molecule has 0 saturated heterocycles. The normalized spacial score (nSPS) is 0. The molecule has 0 saturated carbocycles. The van der Waals surface area contributed by atoms with E-state index in [2.05, 4.69) is 0 Å². The predicted molar refractivity (Wildman–Crippen MR) is 9.96 cm³/mol. The van der Waals surface area contributed by atoms with E-state index in [0.29, 0.717) is 0 Å². The Hall–Kier alpha value is 0.608. The summed E-state index contributed by atoms with van der Waals surface area (Å²) in [4.78, 5) is 0. The molecule has 0 aromatic heterocycles. The third-order valence-electron chi connectivity index (χ3n) is 0. The molecule has 0 atom stereocenters. The summed E-state index contributed by atoms with van der Waals surface area (Å²) < 4.78 is 0. The van der Waals surface area contributed by atoms with Gasteiger partial charge in [-0.15, -0.1) is 0 Å². The quantitative estimate of drug-likeness (QED) is 0.580. The summed E-state index contributed by atoms with van der Waals surface area (Å²) in [5.74, 6) is 0. The van der Waals surface area contributed by atoms with Crippen molar-refractivity contribution in [2.45, 2.75) is 0 Å². The summed E-state index contributed by atoms with van der Waals surface area (Å²) in [6.45, 7) is 0.